The Bertz CT molecular complexity index is 61.5. The molecular formula is C6H10ClKO. The van der Waals surface area contributed by atoms with Gasteiger partial charge in [-0.15, -0.1) is 17.7 Å². The van der Waals surface area contributed by atoms with Gasteiger partial charge in [-0.05, 0) is 12.8 Å². The molecule has 0 amide bonds. The van der Waals surface area contributed by atoms with E-state index in [0.717, 1.165) is 25.7 Å². The zero-order chi connectivity index (χ0) is 5.98. The van der Waals surface area contributed by atoms with Gasteiger partial charge in [0.1, 0.15) is 0 Å². The molecule has 1 nitrogen and oxygen atoms in total. The first-order valence-electron chi connectivity index (χ1n) is 3.09. The first-order chi connectivity index (χ1) is 3.79. The van der Waals surface area contributed by atoms with E-state index in [-0.39, 0.29) is 57.5 Å². The van der Waals surface area contributed by atoms with Crippen molar-refractivity contribution < 1.29 is 56.5 Å². The van der Waals surface area contributed by atoms with Gasteiger partial charge in [-0.25, -0.2) is 0 Å². The van der Waals surface area contributed by atoms with E-state index in [0.29, 0.717) is 5.38 Å². The molecule has 48 valence electrons. The van der Waals surface area contributed by atoms with Gasteiger partial charge in [0.15, 0.2) is 0 Å². The zero-order valence-corrected chi connectivity index (χ0v) is 9.65. The summed E-state index contributed by atoms with van der Waals surface area (Å²) in [6.07, 6.45) is 3.11. The van der Waals surface area contributed by atoms with Crippen LogP contribution in [-0.4, -0.2) is 11.5 Å². The predicted molar refractivity (Wildman–Crippen MR) is 31.9 cm³/mol. The Labute approximate surface area is 104 Å². The van der Waals surface area contributed by atoms with E-state index in [1.54, 1.807) is 0 Å². The van der Waals surface area contributed by atoms with Crippen LogP contribution < -0.4 is 56.5 Å². The minimum absolute atomic E-state index is 0. The molecule has 0 aromatic carbocycles. The monoisotopic (exact) mass is 172 g/mol. The van der Waals surface area contributed by atoms with E-state index in [1.165, 1.54) is 0 Å². The molecule has 1 saturated carbocycles. The second kappa shape index (κ2) is 5.53. The molecule has 0 heterocycles. The third-order valence-corrected chi connectivity index (χ3v) is 2.04. The van der Waals surface area contributed by atoms with Crippen molar-refractivity contribution in [2.75, 3.05) is 0 Å². The molecule has 0 atom stereocenters. The van der Waals surface area contributed by atoms with E-state index < -0.39 is 0 Å². The van der Waals surface area contributed by atoms with Gasteiger partial charge < -0.3 is 5.11 Å². The Morgan fingerprint density at radius 2 is 1.56 bits per heavy atom. The topological polar surface area (TPSA) is 23.1 Å². The van der Waals surface area contributed by atoms with Gasteiger partial charge in [0.25, 0.3) is 0 Å². The smallest absolute Gasteiger partial charge is 0.852 e. The average Bonchev–Trinajstić information content (AvgIpc) is 1.77. The first kappa shape index (κ1) is 10.9. The Morgan fingerprint density at radius 3 is 1.89 bits per heavy atom. The van der Waals surface area contributed by atoms with E-state index in [1.807, 2.05) is 0 Å². The first-order valence-corrected chi connectivity index (χ1v) is 3.52. The number of hydrogen-bond acceptors (Lipinski definition) is 1. The Kier molecular flexibility index (Phi) is 6.68. The number of rotatable bonds is 0. The number of hydrogen-bond donors (Lipinski definition) is 0. The van der Waals surface area contributed by atoms with Crippen LogP contribution >= 0.6 is 11.6 Å². The van der Waals surface area contributed by atoms with Crippen molar-refractivity contribution >= 4 is 11.6 Å². The van der Waals surface area contributed by atoms with E-state index in [4.69, 9.17) is 11.6 Å². The molecule has 1 rings (SSSR count). The SMILES string of the molecule is [K+].[O-]C1CCC(Cl)CC1. The molecule has 3 heteroatoms. The van der Waals surface area contributed by atoms with Crippen molar-refractivity contribution in [3.05, 3.63) is 0 Å². The minimum Gasteiger partial charge on any atom is -0.852 e. The maximum Gasteiger partial charge on any atom is 1.00 e. The van der Waals surface area contributed by atoms with Crippen LogP contribution in [0.4, 0.5) is 0 Å². The minimum atomic E-state index is -0.315. The summed E-state index contributed by atoms with van der Waals surface area (Å²) in [6, 6.07) is 0. The Balaban J connectivity index is 0.000000640. The largest absolute Gasteiger partial charge is 1.00 e. The van der Waals surface area contributed by atoms with Crippen molar-refractivity contribution in [3.63, 3.8) is 0 Å². The molecule has 0 unspecified atom stereocenters. The van der Waals surface area contributed by atoms with Crippen molar-refractivity contribution in [3.8, 4) is 0 Å². The van der Waals surface area contributed by atoms with Gasteiger partial charge in [0.05, 0.1) is 0 Å². The second-order valence-electron chi connectivity index (χ2n) is 2.37. The molecule has 0 bridgehead atoms. The van der Waals surface area contributed by atoms with Crippen LogP contribution in [0.3, 0.4) is 0 Å². The van der Waals surface area contributed by atoms with E-state index >= 15 is 0 Å². The predicted octanol–water partition coefficient (Wildman–Crippen LogP) is -2.10. The van der Waals surface area contributed by atoms with E-state index in [9.17, 15) is 5.11 Å². The third kappa shape index (κ3) is 4.35. The van der Waals surface area contributed by atoms with Crippen LogP contribution in [-0.2, 0) is 0 Å². The maximum atomic E-state index is 10.6. The van der Waals surface area contributed by atoms with Gasteiger partial charge in [0, 0.05) is 5.38 Å². The van der Waals surface area contributed by atoms with Gasteiger partial charge >= 0.3 is 51.4 Å². The second-order valence-corrected chi connectivity index (χ2v) is 2.99. The summed E-state index contributed by atoms with van der Waals surface area (Å²) in [5.41, 5.74) is 0. The summed E-state index contributed by atoms with van der Waals surface area (Å²) in [6.45, 7) is 0. The van der Waals surface area contributed by atoms with Gasteiger partial charge in [-0.1, -0.05) is 12.8 Å². The van der Waals surface area contributed by atoms with Crippen LogP contribution in [0.2, 0.25) is 0 Å². The zero-order valence-electron chi connectivity index (χ0n) is 5.77. The van der Waals surface area contributed by atoms with Crippen LogP contribution in [0, 0.1) is 0 Å². The molecule has 0 spiro atoms. The van der Waals surface area contributed by atoms with Crippen molar-refractivity contribution in [1.29, 1.82) is 0 Å². The molecule has 0 saturated heterocycles. The van der Waals surface area contributed by atoms with Gasteiger partial charge in [-0.3, -0.25) is 0 Å². The molecule has 0 aromatic rings. The molecule has 0 N–H and O–H groups in total. The fourth-order valence-electron chi connectivity index (χ4n) is 1.02. The summed E-state index contributed by atoms with van der Waals surface area (Å²) in [5.74, 6) is 0. The normalized spacial score (nSPS) is 35.3. The summed E-state index contributed by atoms with van der Waals surface area (Å²) >= 11 is 5.74. The molecule has 9 heavy (non-hydrogen) atoms. The van der Waals surface area contributed by atoms with Crippen molar-refractivity contribution in [2.45, 2.75) is 37.2 Å². The van der Waals surface area contributed by atoms with Crippen LogP contribution in [0.25, 0.3) is 0 Å². The standard InChI is InChI=1S/C6H10ClO.K/c7-5-1-3-6(8)4-2-5;/h5-6H,1-4H2;/q-1;+1. The number of halogens is 1. The summed E-state index contributed by atoms with van der Waals surface area (Å²) in [4.78, 5) is 0. The molecular weight excluding hydrogens is 163 g/mol. The third-order valence-electron chi connectivity index (χ3n) is 1.60. The summed E-state index contributed by atoms with van der Waals surface area (Å²) in [5, 5.41) is 10.9. The van der Waals surface area contributed by atoms with Crippen molar-refractivity contribution in [1.82, 2.24) is 0 Å². The average molecular weight is 173 g/mol. The fourth-order valence-corrected chi connectivity index (χ4v) is 1.27. The fraction of sp³-hybridized carbons (Fsp3) is 1.00. The molecule has 0 aliphatic heterocycles. The maximum absolute atomic E-state index is 10.6. The Morgan fingerprint density at radius 1 is 1.11 bits per heavy atom. The van der Waals surface area contributed by atoms with Gasteiger partial charge in [-0.2, -0.15) is 0 Å². The molecule has 1 aliphatic rings. The molecule has 0 aromatic heterocycles. The van der Waals surface area contributed by atoms with Crippen molar-refractivity contribution in [2.24, 2.45) is 0 Å². The molecule has 0 radical (unpaired) electrons. The number of alkyl halides is 1. The van der Waals surface area contributed by atoms with Crippen LogP contribution in [0.15, 0.2) is 0 Å². The quantitative estimate of drug-likeness (QED) is 0.304. The Hall–Kier alpha value is 1.89. The molecule has 1 fully saturated rings. The van der Waals surface area contributed by atoms with Gasteiger partial charge in [0.2, 0.25) is 0 Å². The summed E-state index contributed by atoms with van der Waals surface area (Å²) < 4.78 is 0. The molecule has 1 aliphatic carbocycles. The van der Waals surface area contributed by atoms with Crippen LogP contribution in [0.5, 0.6) is 0 Å². The van der Waals surface area contributed by atoms with E-state index in [2.05, 4.69) is 0 Å². The summed E-state index contributed by atoms with van der Waals surface area (Å²) in [7, 11) is 0. The van der Waals surface area contributed by atoms with Crippen LogP contribution in [0.1, 0.15) is 25.7 Å².